The number of aliphatic carboxylic acids is 1. The maximum atomic E-state index is 12.4. The Morgan fingerprint density at radius 2 is 1.95 bits per heavy atom. The van der Waals surface area contributed by atoms with E-state index >= 15 is 0 Å². The van der Waals surface area contributed by atoms with E-state index in [1.807, 2.05) is 0 Å². The molecule has 2 fully saturated rings. The Labute approximate surface area is 120 Å². The smallest absolute Gasteiger partial charge is 0.329 e. The molecule has 0 bridgehead atoms. The third-order valence-corrected chi connectivity index (χ3v) is 4.85. The van der Waals surface area contributed by atoms with Crippen molar-refractivity contribution < 1.29 is 14.7 Å². The number of hydrogen-bond donors (Lipinski definition) is 2. The SMILES string of the molecule is CCC1CCCN(C(=O)NC2(C(=O)O)CCCCC2)C1. The first-order valence-electron chi connectivity index (χ1n) is 7.88. The molecule has 20 heavy (non-hydrogen) atoms. The lowest BCUT2D eigenvalue weighted by atomic mass is 9.82. The minimum Gasteiger partial charge on any atom is -0.480 e. The van der Waals surface area contributed by atoms with Crippen LogP contribution < -0.4 is 5.32 Å². The summed E-state index contributed by atoms with van der Waals surface area (Å²) in [5.41, 5.74) is -1.03. The predicted octanol–water partition coefficient (Wildman–Crippen LogP) is 2.61. The molecule has 5 nitrogen and oxygen atoms in total. The molecular weight excluding hydrogens is 256 g/mol. The van der Waals surface area contributed by atoms with Crippen molar-refractivity contribution in [3.8, 4) is 0 Å². The molecule has 0 radical (unpaired) electrons. The molecule has 0 aromatic carbocycles. The molecule has 5 heteroatoms. The molecule has 1 unspecified atom stereocenters. The molecule has 1 saturated heterocycles. The fraction of sp³-hybridized carbons (Fsp3) is 0.867. The van der Waals surface area contributed by atoms with Gasteiger partial charge in [0.05, 0.1) is 0 Å². The van der Waals surface area contributed by atoms with E-state index in [0.29, 0.717) is 18.8 Å². The monoisotopic (exact) mass is 282 g/mol. The Hall–Kier alpha value is -1.26. The van der Waals surface area contributed by atoms with E-state index in [0.717, 1.165) is 45.2 Å². The lowest BCUT2D eigenvalue weighted by Gasteiger charge is -2.38. The number of urea groups is 1. The van der Waals surface area contributed by atoms with Gasteiger partial charge in [-0.05, 0) is 31.6 Å². The first kappa shape index (κ1) is 15.1. The predicted molar refractivity (Wildman–Crippen MR) is 76.6 cm³/mol. The first-order valence-corrected chi connectivity index (χ1v) is 7.88. The minimum absolute atomic E-state index is 0.188. The van der Waals surface area contributed by atoms with Crippen molar-refractivity contribution in [2.45, 2.75) is 63.8 Å². The van der Waals surface area contributed by atoms with E-state index < -0.39 is 11.5 Å². The summed E-state index contributed by atoms with van der Waals surface area (Å²) >= 11 is 0. The van der Waals surface area contributed by atoms with E-state index in [-0.39, 0.29) is 6.03 Å². The summed E-state index contributed by atoms with van der Waals surface area (Å²) in [7, 11) is 0. The zero-order chi connectivity index (χ0) is 14.6. The second-order valence-electron chi connectivity index (χ2n) is 6.24. The number of carbonyl (C=O) groups excluding carboxylic acids is 1. The molecule has 1 atom stereocenters. The Kier molecular flexibility index (Phi) is 4.89. The van der Waals surface area contributed by atoms with Gasteiger partial charge in [0.2, 0.25) is 0 Å². The Balaban J connectivity index is 1.99. The Morgan fingerprint density at radius 3 is 2.55 bits per heavy atom. The van der Waals surface area contributed by atoms with Gasteiger partial charge in [-0.1, -0.05) is 32.6 Å². The molecule has 2 N–H and O–H groups in total. The Bertz CT molecular complexity index is 364. The van der Waals surface area contributed by atoms with Crippen LogP contribution in [-0.2, 0) is 4.79 Å². The molecular formula is C15H26N2O3. The van der Waals surface area contributed by atoms with Gasteiger partial charge in [0, 0.05) is 13.1 Å². The molecule has 1 aliphatic carbocycles. The second-order valence-corrected chi connectivity index (χ2v) is 6.24. The third-order valence-electron chi connectivity index (χ3n) is 4.85. The lowest BCUT2D eigenvalue weighted by molar-refractivity contribution is -0.146. The minimum atomic E-state index is -1.03. The van der Waals surface area contributed by atoms with Crippen LogP contribution in [0.3, 0.4) is 0 Å². The van der Waals surface area contributed by atoms with Crippen LogP contribution in [0.4, 0.5) is 4.79 Å². The van der Waals surface area contributed by atoms with Crippen molar-refractivity contribution >= 4 is 12.0 Å². The van der Waals surface area contributed by atoms with Crippen molar-refractivity contribution in [2.24, 2.45) is 5.92 Å². The summed E-state index contributed by atoms with van der Waals surface area (Å²) in [5.74, 6) is -0.323. The number of nitrogens with zero attached hydrogens (tertiary/aromatic N) is 1. The van der Waals surface area contributed by atoms with Crippen LogP contribution in [0.1, 0.15) is 58.3 Å². The zero-order valence-corrected chi connectivity index (χ0v) is 12.4. The molecule has 1 saturated carbocycles. The number of amides is 2. The average molecular weight is 282 g/mol. The lowest BCUT2D eigenvalue weighted by Crippen LogP contribution is -2.59. The molecule has 0 spiro atoms. The van der Waals surface area contributed by atoms with Crippen LogP contribution in [0, 0.1) is 5.92 Å². The number of likely N-dealkylation sites (tertiary alicyclic amines) is 1. The molecule has 2 amide bonds. The number of piperidine rings is 1. The number of nitrogens with one attached hydrogen (secondary N) is 1. The zero-order valence-electron chi connectivity index (χ0n) is 12.4. The normalized spacial score (nSPS) is 26.1. The van der Waals surface area contributed by atoms with E-state index in [1.54, 1.807) is 4.90 Å². The van der Waals surface area contributed by atoms with Gasteiger partial charge in [0.15, 0.2) is 0 Å². The van der Waals surface area contributed by atoms with E-state index in [4.69, 9.17) is 0 Å². The highest BCUT2D eigenvalue weighted by molar-refractivity contribution is 5.86. The van der Waals surface area contributed by atoms with Crippen molar-refractivity contribution in [3.05, 3.63) is 0 Å². The van der Waals surface area contributed by atoms with Gasteiger partial charge in [-0.25, -0.2) is 9.59 Å². The van der Waals surface area contributed by atoms with Crippen molar-refractivity contribution in [3.63, 3.8) is 0 Å². The first-order chi connectivity index (χ1) is 9.57. The van der Waals surface area contributed by atoms with Gasteiger partial charge >= 0.3 is 12.0 Å². The van der Waals surface area contributed by atoms with E-state index in [1.165, 1.54) is 6.42 Å². The summed E-state index contributed by atoms with van der Waals surface area (Å²) in [4.78, 5) is 25.8. The standard InChI is InChI=1S/C15H26N2O3/c1-2-12-7-6-10-17(11-12)14(20)16-15(13(18)19)8-4-3-5-9-15/h12H,2-11H2,1H3,(H,16,20)(H,18,19). The quantitative estimate of drug-likeness (QED) is 0.836. The maximum Gasteiger partial charge on any atom is 0.329 e. The Morgan fingerprint density at radius 1 is 1.25 bits per heavy atom. The van der Waals surface area contributed by atoms with Gasteiger partial charge in [-0.15, -0.1) is 0 Å². The van der Waals surface area contributed by atoms with E-state index in [9.17, 15) is 14.7 Å². The average Bonchev–Trinajstić information content (AvgIpc) is 2.48. The summed E-state index contributed by atoms with van der Waals surface area (Å²) < 4.78 is 0. The molecule has 1 aliphatic heterocycles. The molecule has 0 aromatic heterocycles. The van der Waals surface area contributed by atoms with Gasteiger partial charge in [0.25, 0.3) is 0 Å². The van der Waals surface area contributed by atoms with Gasteiger partial charge in [-0.2, -0.15) is 0 Å². The number of carboxylic acid groups (broad SMARTS) is 1. The van der Waals surface area contributed by atoms with Crippen molar-refractivity contribution in [1.29, 1.82) is 0 Å². The number of hydrogen-bond acceptors (Lipinski definition) is 2. The van der Waals surface area contributed by atoms with Crippen LogP contribution in [-0.4, -0.2) is 40.6 Å². The van der Waals surface area contributed by atoms with Crippen molar-refractivity contribution in [2.75, 3.05) is 13.1 Å². The van der Waals surface area contributed by atoms with Crippen LogP contribution in [0.2, 0.25) is 0 Å². The number of carboxylic acids is 1. The van der Waals surface area contributed by atoms with Crippen molar-refractivity contribution in [1.82, 2.24) is 10.2 Å². The van der Waals surface area contributed by atoms with Crippen LogP contribution in [0.5, 0.6) is 0 Å². The summed E-state index contributed by atoms with van der Waals surface area (Å²) in [6.45, 7) is 3.65. The number of carbonyl (C=O) groups is 2. The van der Waals surface area contributed by atoms with Crippen LogP contribution in [0.15, 0.2) is 0 Å². The van der Waals surface area contributed by atoms with Crippen LogP contribution >= 0.6 is 0 Å². The van der Waals surface area contributed by atoms with Gasteiger partial charge in [0.1, 0.15) is 5.54 Å². The van der Waals surface area contributed by atoms with Crippen LogP contribution in [0.25, 0.3) is 0 Å². The highest BCUT2D eigenvalue weighted by Crippen LogP contribution is 2.29. The summed E-state index contributed by atoms with van der Waals surface area (Å²) in [6.07, 6.45) is 7.20. The summed E-state index contributed by atoms with van der Waals surface area (Å²) in [5, 5.41) is 12.3. The highest BCUT2D eigenvalue weighted by atomic mass is 16.4. The largest absolute Gasteiger partial charge is 0.480 e. The highest BCUT2D eigenvalue weighted by Gasteiger charge is 2.42. The van der Waals surface area contributed by atoms with Gasteiger partial charge in [-0.3, -0.25) is 0 Å². The maximum absolute atomic E-state index is 12.4. The topological polar surface area (TPSA) is 69.6 Å². The third kappa shape index (κ3) is 3.25. The fourth-order valence-electron chi connectivity index (χ4n) is 3.41. The molecule has 0 aromatic rings. The molecule has 2 aliphatic rings. The number of rotatable bonds is 3. The molecule has 114 valence electrons. The van der Waals surface area contributed by atoms with Gasteiger partial charge < -0.3 is 15.3 Å². The summed E-state index contributed by atoms with van der Waals surface area (Å²) in [6, 6.07) is -0.188. The molecule has 2 rings (SSSR count). The second kappa shape index (κ2) is 6.46. The fourth-order valence-corrected chi connectivity index (χ4v) is 3.41. The van der Waals surface area contributed by atoms with E-state index in [2.05, 4.69) is 12.2 Å². The molecule has 1 heterocycles.